The van der Waals surface area contributed by atoms with Gasteiger partial charge in [-0.25, -0.2) is 4.39 Å². The van der Waals surface area contributed by atoms with Crippen LogP contribution in [-0.4, -0.2) is 23.3 Å². The number of amides is 2. The van der Waals surface area contributed by atoms with E-state index in [-0.39, 0.29) is 17.5 Å². The molecule has 134 valence electrons. The Balaban J connectivity index is 2.10. The summed E-state index contributed by atoms with van der Waals surface area (Å²) >= 11 is 0. The molecule has 2 amide bonds. The van der Waals surface area contributed by atoms with Crippen LogP contribution < -0.4 is 5.32 Å². The minimum atomic E-state index is -0.412. The lowest BCUT2D eigenvalue weighted by Gasteiger charge is -2.13. The highest BCUT2D eigenvalue weighted by molar-refractivity contribution is 6.36. The van der Waals surface area contributed by atoms with Gasteiger partial charge < -0.3 is 5.32 Å². The summed E-state index contributed by atoms with van der Waals surface area (Å²) in [7, 11) is 0. The van der Waals surface area contributed by atoms with Crippen molar-refractivity contribution in [3.63, 3.8) is 0 Å². The van der Waals surface area contributed by atoms with E-state index in [4.69, 9.17) is 0 Å². The van der Waals surface area contributed by atoms with Crippen LogP contribution in [0.4, 0.5) is 10.1 Å². The molecule has 1 aliphatic heterocycles. The first kappa shape index (κ1) is 17.9. The molecule has 0 unspecified atom stereocenters. The molecule has 0 saturated heterocycles. The minimum absolute atomic E-state index is 0.192. The Hall–Kier alpha value is -2.95. The third kappa shape index (κ3) is 3.25. The highest BCUT2D eigenvalue weighted by Gasteiger charge is 2.38. The Labute approximate surface area is 152 Å². The van der Waals surface area contributed by atoms with Crippen LogP contribution in [0.5, 0.6) is 0 Å². The number of halogens is 1. The first-order chi connectivity index (χ1) is 12.4. The molecule has 0 spiro atoms. The highest BCUT2D eigenvalue weighted by Crippen LogP contribution is 2.31. The smallest absolute Gasteiger partial charge is 0.278 e. The number of hydrogen-bond acceptors (Lipinski definition) is 3. The minimum Gasteiger partial charge on any atom is -0.350 e. The van der Waals surface area contributed by atoms with Crippen molar-refractivity contribution in [2.75, 3.05) is 11.9 Å². The summed E-state index contributed by atoms with van der Waals surface area (Å²) in [6.45, 7) is 6.21. The first-order valence-corrected chi connectivity index (χ1v) is 8.63. The Morgan fingerprint density at radius 2 is 1.77 bits per heavy atom. The van der Waals surface area contributed by atoms with Gasteiger partial charge in [0.2, 0.25) is 0 Å². The van der Waals surface area contributed by atoms with Crippen LogP contribution in [0.2, 0.25) is 0 Å². The quantitative estimate of drug-likeness (QED) is 0.826. The topological polar surface area (TPSA) is 49.4 Å². The molecule has 26 heavy (non-hydrogen) atoms. The summed E-state index contributed by atoms with van der Waals surface area (Å²) in [5.74, 6) is -1.11. The fraction of sp³-hybridized carbons (Fsp3) is 0.238. The van der Waals surface area contributed by atoms with Crippen molar-refractivity contribution in [3.05, 3.63) is 70.7 Å². The van der Waals surface area contributed by atoms with E-state index in [9.17, 15) is 14.0 Å². The van der Waals surface area contributed by atoms with Gasteiger partial charge in [0.1, 0.15) is 11.5 Å². The largest absolute Gasteiger partial charge is 0.350 e. The van der Waals surface area contributed by atoms with E-state index in [0.717, 1.165) is 11.1 Å². The molecule has 0 saturated carbocycles. The normalized spacial score (nSPS) is 14.4. The van der Waals surface area contributed by atoms with E-state index >= 15 is 0 Å². The summed E-state index contributed by atoms with van der Waals surface area (Å²) in [6, 6.07) is 11.5. The number of carbonyl (C=O) groups is 2. The Kier molecular flexibility index (Phi) is 4.89. The molecule has 0 radical (unpaired) electrons. The predicted octanol–water partition coefficient (Wildman–Crippen LogP) is 4.04. The molecule has 1 N–H and O–H groups in total. The van der Waals surface area contributed by atoms with Gasteiger partial charge in [-0.05, 0) is 55.2 Å². The number of hydrogen-bond donors (Lipinski definition) is 1. The zero-order valence-electron chi connectivity index (χ0n) is 15.1. The van der Waals surface area contributed by atoms with Crippen molar-refractivity contribution >= 4 is 23.1 Å². The third-order valence-corrected chi connectivity index (χ3v) is 4.50. The second-order valence-corrected chi connectivity index (χ2v) is 6.45. The van der Waals surface area contributed by atoms with Crippen LogP contribution in [-0.2, 0) is 9.59 Å². The molecule has 2 aromatic carbocycles. The van der Waals surface area contributed by atoms with Crippen LogP contribution in [0.15, 0.2) is 48.2 Å². The molecule has 3 rings (SSSR count). The fourth-order valence-corrected chi connectivity index (χ4v) is 2.99. The van der Waals surface area contributed by atoms with Gasteiger partial charge in [0, 0.05) is 12.2 Å². The molecule has 4 nitrogen and oxygen atoms in total. The molecule has 0 fully saturated rings. The molecular weight excluding hydrogens is 331 g/mol. The van der Waals surface area contributed by atoms with Crippen LogP contribution in [0.1, 0.15) is 30.0 Å². The van der Waals surface area contributed by atoms with Crippen molar-refractivity contribution in [1.82, 2.24) is 4.90 Å². The van der Waals surface area contributed by atoms with Gasteiger partial charge in [-0.15, -0.1) is 0 Å². The molecule has 0 bridgehead atoms. The number of anilines is 1. The van der Waals surface area contributed by atoms with Gasteiger partial charge in [0.25, 0.3) is 11.8 Å². The molecule has 5 heteroatoms. The lowest BCUT2D eigenvalue weighted by Crippen LogP contribution is -2.33. The first-order valence-electron chi connectivity index (χ1n) is 8.63. The fourth-order valence-electron chi connectivity index (χ4n) is 2.99. The number of benzene rings is 2. The van der Waals surface area contributed by atoms with E-state index in [1.165, 1.54) is 17.0 Å². The number of imide groups is 1. The predicted molar refractivity (Wildman–Crippen MR) is 99.9 cm³/mol. The lowest BCUT2D eigenvalue weighted by molar-refractivity contribution is -0.136. The summed E-state index contributed by atoms with van der Waals surface area (Å²) in [6.07, 6.45) is 0.672. The zero-order valence-corrected chi connectivity index (χ0v) is 15.1. The van der Waals surface area contributed by atoms with E-state index in [2.05, 4.69) is 5.32 Å². The van der Waals surface area contributed by atoms with Gasteiger partial charge in [-0.1, -0.05) is 31.2 Å². The number of nitrogens with zero attached hydrogens (tertiary/aromatic N) is 1. The molecule has 1 heterocycles. The van der Waals surface area contributed by atoms with Gasteiger partial charge in [-0.3, -0.25) is 14.5 Å². The van der Waals surface area contributed by atoms with Crippen LogP contribution in [0, 0.1) is 19.7 Å². The van der Waals surface area contributed by atoms with E-state index in [1.54, 1.807) is 12.1 Å². The van der Waals surface area contributed by atoms with E-state index in [0.29, 0.717) is 29.8 Å². The van der Waals surface area contributed by atoms with E-state index in [1.807, 2.05) is 39.0 Å². The summed E-state index contributed by atoms with van der Waals surface area (Å²) in [5, 5.41) is 2.96. The van der Waals surface area contributed by atoms with Crippen molar-refractivity contribution in [1.29, 1.82) is 0 Å². The zero-order chi connectivity index (χ0) is 18.8. The summed E-state index contributed by atoms with van der Waals surface area (Å²) < 4.78 is 13.5. The van der Waals surface area contributed by atoms with Gasteiger partial charge >= 0.3 is 0 Å². The Morgan fingerprint density at radius 3 is 2.42 bits per heavy atom. The maximum Gasteiger partial charge on any atom is 0.278 e. The van der Waals surface area contributed by atoms with Crippen molar-refractivity contribution in [2.45, 2.75) is 27.2 Å². The van der Waals surface area contributed by atoms with Crippen molar-refractivity contribution in [2.24, 2.45) is 0 Å². The summed E-state index contributed by atoms with van der Waals surface area (Å²) in [4.78, 5) is 27.0. The molecule has 0 aliphatic carbocycles. The van der Waals surface area contributed by atoms with Gasteiger partial charge in [0.15, 0.2) is 0 Å². The van der Waals surface area contributed by atoms with E-state index < -0.39 is 5.82 Å². The third-order valence-electron chi connectivity index (χ3n) is 4.50. The molecule has 1 aliphatic rings. The molecular formula is C21H21FN2O2. The second-order valence-electron chi connectivity index (χ2n) is 6.45. The van der Waals surface area contributed by atoms with Crippen LogP contribution >= 0.6 is 0 Å². The lowest BCUT2D eigenvalue weighted by atomic mass is 9.99. The maximum atomic E-state index is 13.5. The number of aryl methyl sites for hydroxylation is 2. The average Bonchev–Trinajstić information content (AvgIpc) is 2.82. The average molecular weight is 352 g/mol. The van der Waals surface area contributed by atoms with Crippen molar-refractivity contribution in [3.8, 4) is 0 Å². The summed E-state index contributed by atoms with van der Waals surface area (Å²) in [5.41, 5.74) is 3.78. The maximum absolute atomic E-state index is 13.5. The van der Waals surface area contributed by atoms with Gasteiger partial charge in [0.05, 0.1) is 5.57 Å². The second kappa shape index (κ2) is 7.12. The van der Waals surface area contributed by atoms with Gasteiger partial charge in [-0.2, -0.15) is 0 Å². The highest BCUT2D eigenvalue weighted by atomic mass is 19.1. The Morgan fingerprint density at radius 1 is 1.00 bits per heavy atom. The van der Waals surface area contributed by atoms with Crippen LogP contribution in [0.3, 0.4) is 0 Å². The molecule has 2 aromatic rings. The van der Waals surface area contributed by atoms with Crippen molar-refractivity contribution < 1.29 is 14.0 Å². The number of rotatable bonds is 5. The monoisotopic (exact) mass is 352 g/mol. The molecule has 0 aromatic heterocycles. The SMILES string of the molecule is CCCN1C(=O)C(Nc2cccc(F)c2)=C(c2ccc(C)c(C)c2)C1=O. The number of nitrogens with one attached hydrogen (secondary N) is 1. The van der Waals surface area contributed by atoms with Crippen LogP contribution in [0.25, 0.3) is 5.57 Å². The Bertz CT molecular complexity index is 918. The number of carbonyl (C=O) groups excluding carboxylic acids is 2. The standard InChI is InChI=1S/C21H21FN2O2/c1-4-10-24-20(25)18(15-9-8-13(2)14(3)11-15)19(21(24)26)23-17-7-5-6-16(22)12-17/h5-9,11-12,23H,4,10H2,1-3H3. The molecule has 0 atom stereocenters.